The lowest BCUT2D eigenvalue weighted by atomic mass is 10.1. The third-order valence-corrected chi connectivity index (χ3v) is 3.58. The molecule has 0 aliphatic heterocycles. The first-order valence-corrected chi connectivity index (χ1v) is 7.63. The minimum Gasteiger partial charge on any atom is -0.505 e. The van der Waals surface area contributed by atoms with Crippen molar-refractivity contribution in [1.29, 1.82) is 0 Å². The van der Waals surface area contributed by atoms with Gasteiger partial charge in [-0.3, -0.25) is 4.79 Å². The van der Waals surface area contributed by atoms with Crippen molar-refractivity contribution in [2.24, 2.45) is 0 Å². The summed E-state index contributed by atoms with van der Waals surface area (Å²) < 4.78 is 29.7. The molecule has 0 unspecified atom stereocenters. The van der Waals surface area contributed by atoms with Crippen LogP contribution in [0.2, 0.25) is 0 Å². The van der Waals surface area contributed by atoms with E-state index in [0.29, 0.717) is 16.5 Å². The lowest BCUT2D eigenvalue weighted by Gasteiger charge is -2.09. The second-order valence-corrected chi connectivity index (χ2v) is 5.01. The zero-order chi connectivity index (χ0) is 15.9. The SMILES string of the molecule is O=C(/C=C(\OB(F)F)c1ccc(CBr)cc1)c1ccccc1. The first-order valence-electron chi connectivity index (χ1n) is 6.51. The number of hydrogen-bond donors (Lipinski definition) is 0. The quantitative estimate of drug-likeness (QED) is 0.243. The minimum atomic E-state index is -2.99. The van der Waals surface area contributed by atoms with E-state index in [2.05, 4.69) is 20.6 Å². The summed E-state index contributed by atoms with van der Waals surface area (Å²) in [6, 6.07) is 15.3. The molecule has 0 radical (unpaired) electrons. The molecule has 6 heteroatoms. The Morgan fingerprint density at radius 3 is 2.23 bits per heavy atom. The normalized spacial score (nSPS) is 11.1. The second kappa shape index (κ2) is 7.89. The number of benzene rings is 2. The van der Waals surface area contributed by atoms with Gasteiger partial charge in [0, 0.05) is 22.5 Å². The maximum absolute atomic E-state index is 12.6. The zero-order valence-corrected chi connectivity index (χ0v) is 13.1. The van der Waals surface area contributed by atoms with Gasteiger partial charge in [-0.1, -0.05) is 70.5 Å². The highest BCUT2D eigenvalue weighted by Gasteiger charge is 2.21. The maximum Gasteiger partial charge on any atom is 0.796 e. The van der Waals surface area contributed by atoms with Crippen molar-refractivity contribution in [2.45, 2.75) is 5.33 Å². The molecule has 22 heavy (non-hydrogen) atoms. The fraction of sp³-hybridized carbons (Fsp3) is 0.0625. The van der Waals surface area contributed by atoms with E-state index in [-0.39, 0.29) is 11.5 Å². The van der Waals surface area contributed by atoms with Crippen LogP contribution in [0.4, 0.5) is 8.63 Å². The van der Waals surface area contributed by atoms with Crippen molar-refractivity contribution >= 4 is 34.9 Å². The van der Waals surface area contributed by atoms with Gasteiger partial charge < -0.3 is 4.65 Å². The number of carbonyl (C=O) groups is 1. The average Bonchev–Trinajstić information content (AvgIpc) is 2.54. The van der Waals surface area contributed by atoms with Crippen molar-refractivity contribution in [3.05, 3.63) is 77.4 Å². The molecule has 0 heterocycles. The van der Waals surface area contributed by atoms with Gasteiger partial charge in [0.2, 0.25) is 0 Å². The van der Waals surface area contributed by atoms with Crippen LogP contribution in [0.1, 0.15) is 21.5 Å². The Morgan fingerprint density at radius 1 is 1.05 bits per heavy atom. The summed E-state index contributed by atoms with van der Waals surface area (Å²) >= 11 is 3.31. The molecule has 0 atom stereocenters. The van der Waals surface area contributed by atoms with Crippen molar-refractivity contribution in [3.8, 4) is 0 Å². The molecule has 2 aromatic carbocycles. The van der Waals surface area contributed by atoms with Crippen molar-refractivity contribution < 1.29 is 18.1 Å². The average molecular weight is 365 g/mol. The molecule has 112 valence electrons. The summed E-state index contributed by atoms with van der Waals surface area (Å²) in [5, 5.41) is 0.658. The van der Waals surface area contributed by atoms with E-state index < -0.39 is 7.47 Å². The van der Waals surface area contributed by atoms with Crippen molar-refractivity contribution in [2.75, 3.05) is 0 Å². The van der Waals surface area contributed by atoms with Gasteiger partial charge in [-0.05, 0) is 5.56 Å². The number of ketones is 1. The lowest BCUT2D eigenvalue weighted by Crippen LogP contribution is -2.06. The molecule has 0 aliphatic carbocycles. The van der Waals surface area contributed by atoms with Gasteiger partial charge in [0.1, 0.15) is 5.76 Å². The van der Waals surface area contributed by atoms with Crippen LogP contribution in [0.15, 0.2) is 60.7 Å². The highest BCUT2D eigenvalue weighted by atomic mass is 79.9. The summed E-state index contributed by atoms with van der Waals surface area (Å²) in [7, 11) is -2.99. The Kier molecular flexibility index (Phi) is 5.89. The van der Waals surface area contributed by atoms with Gasteiger partial charge in [0.15, 0.2) is 5.78 Å². The lowest BCUT2D eigenvalue weighted by molar-refractivity contribution is 0.104. The number of hydrogen-bond acceptors (Lipinski definition) is 2. The highest BCUT2D eigenvalue weighted by molar-refractivity contribution is 9.08. The van der Waals surface area contributed by atoms with E-state index in [1.165, 1.54) is 0 Å². The Bertz CT molecular complexity index is 658. The van der Waals surface area contributed by atoms with Gasteiger partial charge >= 0.3 is 7.47 Å². The van der Waals surface area contributed by atoms with E-state index >= 15 is 0 Å². The van der Waals surface area contributed by atoms with Crippen LogP contribution in [0.5, 0.6) is 0 Å². The number of halogens is 3. The van der Waals surface area contributed by atoms with Gasteiger partial charge in [-0.2, -0.15) is 0 Å². The summed E-state index contributed by atoms with van der Waals surface area (Å²) in [5.74, 6) is -0.536. The third-order valence-electron chi connectivity index (χ3n) is 2.93. The fourth-order valence-corrected chi connectivity index (χ4v) is 2.22. The molecule has 0 aliphatic rings. The molecular weight excluding hydrogens is 353 g/mol. The number of rotatable bonds is 6. The predicted molar refractivity (Wildman–Crippen MR) is 86.9 cm³/mol. The predicted octanol–water partition coefficient (Wildman–Crippen LogP) is 4.75. The molecule has 0 spiro atoms. The van der Waals surface area contributed by atoms with Gasteiger partial charge in [0.25, 0.3) is 0 Å². The smallest absolute Gasteiger partial charge is 0.505 e. The Hall–Kier alpha value is -1.95. The molecule has 0 bridgehead atoms. The van der Waals surface area contributed by atoms with Crippen molar-refractivity contribution in [1.82, 2.24) is 0 Å². The number of carbonyl (C=O) groups excluding carboxylic acids is 1. The molecule has 2 aromatic rings. The summed E-state index contributed by atoms with van der Waals surface area (Å²) in [5.41, 5.74) is 1.83. The molecule has 0 N–H and O–H groups in total. The van der Waals surface area contributed by atoms with Crippen molar-refractivity contribution in [3.63, 3.8) is 0 Å². The molecule has 2 rings (SSSR count). The zero-order valence-electron chi connectivity index (χ0n) is 11.5. The summed E-state index contributed by atoms with van der Waals surface area (Å²) in [6.07, 6.45) is 1.09. The summed E-state index contributed by atoms with van der Waals surface area (Å²) in [6.45, 7) is 0. The Labute approximate surface area is 136 Å². The maximum atomic E-state index is 12.6. The Morgan fingerprint density at radius 2 is 1.68 bits per heavy atom. The molecule has 0 amide bonds. The van der Waals surface area contributed by atoms with E-state index in [0.717, 1.165) is 11.6 Å². The fourth-order valence-electron chi connectivity index (χ4n) is 1.84. The number of allylic oxidation sites excluding steroid dienone is 1. The van der Waals surface area contributed by atoms with Crippen LogP contribution < -0.4 is 0 Å². The van der Waals surface area contributed by atoms with Crippen LogP contribution in [-0.4, -0.2) is 13.3 Å². The third kappa shape index (κ3) is 4.53. The monoisotopic (exact) mass is 364 g/mol. The van der Waals surface area contributed by atoms with Gasteiger partial charge in [-0.15, -0.1) is 0 Å². The van der Waals surface area contributed by atoms with Crippen LogP contribution in [0.25, 0.3) is 5.76 Å². The number of alkyl halides is 1. The Balaban J connectivity index is 2.32. The molecule has 0 saturated carbocycles. The largest absolute Gasteiger partial charge is 0.796 e. The topological polar surface area (TPSA) is 26.3 Å². The molecule has 0 saturated heterocycles. The first kappa shape index (κ1) is 16.4. The van der Waals surface area contributed by atoms with E-state index in [1.807, 2.05) is 0 Å². The summed E-state index contributed by atoms with van der Waals surface area (Å²) in [4.78, 5) is 12.1. The van der Waals surface area contributed by atoms with Crippen LogP contribution >= 0.6 is 15.9 Å². The van der Waals surface area contributed by atoms with Gasteiger partial charge in [-0.25, -0.2) is 8.63 Å². The molecular formula is C16H12BBrF2O2. The molecule has 0 fully saturated rings. The second-order valence-electron chi connectivity index (χ2n) is 4.45. The van der Waals surface area contributed by atoms with Crippen LogP contribution in [0, 0.1) is 0 Å². The first-order chi connectivity index (χ1) is 10.6. The molecule has 0 aromatic heterocycles. The van der Waals surface area contributed by atoms with Crippen LogP contribution in [-0.2, 0) is 9.98 Å². The van der Waals surface area contributed by atoms with Crippen LogP contribution in [0.3, 0.4) is 0 Å². The standard InChI is InChI=1S/C16H12BBrF2O2/c18-11-12-6-8-14(9-7-12)16(22-17(19)20)10-15(21)13-4-2-1-3-5-13/h1-10H,11H2/b16-10-. The molecule has 2 nitrogen and oxygen atoms in total. The van der Waals surface area contributed by atoms with E-state index in [9.17, 15) is 13.4 Å². The van der Waals surface area contributed by atoms with Gasteiger partial charge in [0.05, 0.1) is 0 Å². The minimum absolute atomic E-state index is 0.148. The van der Waals surface area contributed by atoms with E-state index in [1.54, 1.807) is 54.6 Å². The van der Waals surface area contributed by atoms with E-state index in [4.69, 9.17) is 0 Å². The highest BCUT2D eigenvalue weighted by Crippen LogP contribution is 2.20.